The summed E-state index contributed by atoms with van der Waals surface area (Å²) >= 11 is 4.61. The molecule has 0 aromatic heterocycles. The van der Waals surface area contributed by atoms with Crippen LogP contribution < -0.4 is 0 Å². The molecule has 0 aliphatic carbocycles. The number of halogens is 1. The molecular formula is C14H14BrNO3S. The molecule has 1 aromatic rings. The highest BCUT2D eigenvalue weighted by Gasteiger charge is 2.35. The van der Waals surface area contributed by atoms with E-state index in [4.69, 9.17) is 4.74 Å². The van der Waals surface area contributed by atoms with E-state index in [9.17, 15) is 9.59 Å². The summed E-state index contributed by atoms with van der Waals surface area (Å²) < 4.78 is 4.54. The second-order valence-electron chi connectivity index (χ2n) is 4.08. The average molecular weight is 356 g/mol. The molecule has 1 heterocycles. The standard InChI is InChI=1S/C14H14BrNO3S/c1-2-19-12(17)8-11-16(14(18)13(15)20-11)9-10-6-4-3-5-7-10/h3-8,13H,2,9H2,1H3/b11-8-. The fraction of sp³-hybridized carbons (Fsp3) is 0.286. The predicted molar refractivity (Wildman–Crippen MR) is 82.0 cm³/mol. The molecule has 1 aliphatic rings. The summed E-state index contributed by atoms with van der Waals surface area (Å²) in [4.78, 5) is 25.3. The molecule has 1 atom stereocenters. The van der Waals surface area contributed by atoms with E-state index in [1.165, 1.54) is 17.8 Å². The van der Waals surface area contributed by atoms with Gasteiger partial charge in [0.05, 0.1) is 24.3 Å². The van der Waals surface area contributed by atoms with E-state index >= 15 is 0 Å². The van der Waals surface area contributed by atoms with E-state index in [-0.39, 0.29) is 10.1 Å². The maximum Gasteiger partial charge on any atom is 0.333 e. The van der Waals surface area contributed by atoms with E-state index in [2.05, 4.69) is 15.9 Å². The molecule has 20 heavy (non-hydrogen) atoms. The van der Waals surface area contributed by atoms with Gasteiger partial charge < -0.3 is 9.64 Å². The minimum absolute atomic E-state index is 0.0607. The first-order chi connectivity index (χ1) is 9.61. The Morgan fingerprint density at radius 1 is 1.45 bits per heavy atom. The van der Waals surface area contributed by atoms with E-state index in [1.807, 2.05) is 30.3 Å². The van der Waals surface area contributed by atoms with Crippen molar-refractivity contribution >= 4 is 39.6 Å². The van der Waals surface area contributed by atoms with Crippen LogP contribution in [0.25, 0.3) is 0 Å². The highest BCUT2D eigenvalue weighted by atomic mass is 79.9. The number of thioether (sulfide) groups is 1. The van der Waals surface area contributed by atoms with Gasteiger partial charge in [-0.25, -0.2) is 4.79 Å². The normalized spacial score (nSPS) is 20.5. The Hall–Kier alpha value is -1.27. The molecule has 4 nitrogen and oxygen atoms in total. The predicted octanol–water partition coefficient (Wildman–Crippen LogP) is 2.89. The lowest BCUT2D eigenvalue weighted by Gasteiger charge is -2.16. The van der Waals surface area contributed by atoms with Gasteiger partial charge in [-0.2, -0.15) is 0 Å². The van der Waals surface area contributed by atoms with Gasteiger partial charge in [0.15, 0.2) is 0 Å². The number of rotatable bonds is 4. The number of ether oxygens (including phenoxy) is 1. The maximum absolute atomic E-state index is 12.1. The van der Waals surface area contributed by atoms with Gasteiger partial charge in [-0.05, 0) is 12.5 Å². The second kappa shape index (κ2) is 6.95. The van der Waals surface area contributed by atoms with E-state index < -0.39 is 5.97 Å². The molecule has 0 radical (unpaired) electrons. The summed E-state index contributed by atoms with van der Waals surface area (Å²) in [5.41, 5.74) is 1.01. The van der Waals surface area contributed by atoms with Crippen LogP contribution in [0.5, 0.6) is 0 Å². The molecule has 1 fully saturated rings. The van der Waals surface area contributed by atoms with Crippen LogP contribution in [0.15, 0.2) is 41.4 Å². The highest BCUT2D eigenvalue weighted by Crippen LogP contribution is 2.39. The lowest BCUT2D eigenvalue weighted by molar-refractivity contribution is -0.137. The van der Waals surface area contributed by atoms with Crippen LogP contribution >= 0.6 is 27.7 Å². The molecule has 1 aliphatic heterocycles. The van der Waals surface area contributed by atoms with Gasteiger partial charge in [-0.15, -0.1) is 0 Å². The molecule has 106 valence electrons. The Bertz CT molecular complexity index is 532. The Kier molecular flexibility index (Phi) is 5.25. The molecule has 0 bridgehead atoms. The van der Waals surface area contributed by atoms with Gasteiger partial charge >= 0.3 is 5.97 Å². The zero-order chi connectivity index (χ0) is 14.5. The highest BCUT2D eigenvalue weighted by molar-refractivity contribution is 9.11. The van der Waals surface area contributed by atoms with Crippen LogP contribution in [0.3, 0.4) is 0 Å². The number of hydrogen-bond donors (Lipinski definition) is 0. The van der Waals surface area contributed by atoms with Crippen molar-refractivity contribution in [2.75, 3.05) is 6.61 Å². The SMILES string of the molecule is CCOC(=O)/C=C1\SC(Br)C(=O)N1Cc1ccccc1. The van der Waals surface area contributed by atoms with Gasteiger partial charge in [0.1, 0.15) is 4.16 Å². The third kappa shape index (κ3) is 3.64. The van der Waals surface area contributed by atoms with Crippen molar-refractivity contribution < 1.29 is 14.3 Å². The lowest BCUT2D eigenvalue weighted by Crippen LogP contribution is -2.26. The molecule has 1 saturated heterocycles. The molecule has 1 unspecified atom stereocenters. The molecule has 1 amide bonds. The number of carbonyl (C=O) groups excluding carboxylic acids is 2. The zero-order valence-electron chi connectivity index (χ0n) is 10.9. The third-order valence-corrected chi connectivity index (χ3v) is 4.60. The fourth-order valence-electron chi connectivity index (χ4n) is 1.77. The first-order valence-electron chi connectivity index (χ1n) is 6.16. The van der Waals surface area contributed by atoms with Crippen LogP contribution in [0.1, 0.15) is 12.5 Å². The summed E-state index contributed by atoms with van der Waals surface area (Å²) in [6, 6.07) is 9.66. The second-order valence-corrected chi connectivity index (χ2v) is 6.73. The van der Waals surface area contributed by atoms with Crippen LogP contribution in [0.4, 0.5) is 0 Å². The molecule has 2 rings (SSSR count). The number of benzene rings is 1. The lowest BCUT2D eigenvalue weighted by atomic mass is 10.2. The molecule has 6 heteroatoms. The maximum atomic E-state index is 12.1. The smallest absolute Gasteiger partial charge is 0.333 e. The minimum Gasteiger partial charge on any atom is -0.463 e. The summed E-state index contributed by atoms with van der Waals surface area (Å²) in [5.74, 6) is -0.489. The molecule has 0 N–H and O–H groups in total. The van der Waals surface area contributed by atoms with Crippen molar-refractivity contribution in [3.8, 4) is 0 Å². The number of nitrogens with zero attached hydrogens (tertiary/aromatic N) is 1. The first kappa shape index (κ1) is 15.1. The van der Waals surface area contributed by atoms with Crippen molar-refractivity contribution in [2.45, 2.75) is 17.6 Å². The molecule has 0 spiro atoms. The van der Waals surface area contributed by atoms with Crippen LogP contribution in [0.2, 0.25) is 0 Å². The number of amides is 1. The summed E-state index contributed by atoms with van der Waals surface area (Å²) in [5, 5.41) is 0.610. The third-order valence-electron chi connectivity index (χ3n) is 2.66. The van der Waals surface area contributed by atoms with Crippen LogP contribution in [-0.2, 0) is 20.9 Å². The topological polar surface area (TPSA) is 46.6 Å². The number of hydrogen-bond acceptors (Lipinski definition) is 4. The molecular weight excluding hydrogens is 342 g/mol. The van der Waals surface area contributed by atoms with Crippen molar-refractivity contribution in [3.05, 3.63) is 47.0 Å². The van der Waals surface area contributed by atoms with Crippen LogP contribution in [-0.4, -0.2) is 27.5 Å². The van der Waals surface area contributed by atoms with Gasteiger partial charge in [0.25, 0.3) is 5.91 Å². The van der Waals surface area contributed by atoms with Crippen LogP contribution in [0, 0.1) is 0 Å². The van der Waals surface area contributed by atoms with Crippen molar-refractivity contribution in [1.29, 1.82) is 0 Å². The van der Waals surface area contributed by atoms with Gasteiger partial charge in [0, 0.05) is 0 Å². The van der Waals surface area contributed by atoms with Gasteiger partial charge in [0.2, 0.25) is 0 Å². The quantitative estimate of drug-likeness (QED) is 0.473. The van der Waals surface area contributed by atoms with Crippen molar-refractivity contribution in [1.82, 2.24) is 4.90 Å². The number of esters is 1. The number of carbonyl (C=O) groups is 2. The monoisotopic (exact) mass is 355 g/mol. The van der Waals surface area contributed by atoms with E-state index in [1.54, 1.807) is 11.8 Å². The first-order valence-corrected chi connectivity index (χ1v) is 7.96. The Morgan fingerprint density at radius 2 is 2.15 bits per heavy atom. The molecule has 1 aromatic carbocycles. The van der Waals surface area contributed by atoms with Crippen molar-refractivity contribution in [2.24, 2.45) is 0 Å². The van der Waals surface area contributed by atoms with Gasteiger partial charge in [-0.1, -0.05) is 58.0 Å². The Balaban J connectivity index is 2.18. The summed E-state index contributed by atoms with van der Waals surface area (Å²) in [6.45, 7) is 2.51. The van der Waals surface area contributed by atoms with E-state index in [0.29, 0.717) is 18.2 Å². The Morgan fingerprint density at radius 3 is 2.80 bits per heavy atom. The zero-order valence-corrected chi connectivity index (χ0v) is 13.3. The van der Waals surface area contributed by atoms with Crippen molar-refractivity contribution in [3.63, 3.8) is 0 Å². The summed E-state index contributed by atoms with van der Waals surface area (Å²) in [7, 11) is 0. The largest absolute Gasteiger partial charge is 0.463 e. The number of alkyl halides is 1. The van der Waals surface area contributed by atoms with E-state index in [0.717, 1.165) is 5.56 Å². The molecule has 0 saturated carbocycles. The average Bonchev–Trinajstić information content (AvgIpc) is 2.68. The Labute approximate surface area is 130 Å². The van der Waals surface area contributed by atoms with Gasteiger partial charge in [-0.3, -0.25) is 4.79 Å². The fourth-order valence-corrected chi connectivity index (χ4v) is 3.48. The minimum atomic E-state index is -0.428. The summed E-state index contributed by atoms with van der Waals surface area (Å²) in [6.07, 6.45) is 1.37.